The van der Waals surface area contributed by atoms with Crippen molar-refractivity contribution in [3.8, 4) is 17.6 Å². The van der Waals surface area contributed by atoms with Crippen molar-refractivity contribution >= 4 is 40.3 Å². The number of carbonyl (C=O) groups is 1. The van der Waals surface area contributed by atoms with Crippen LogP contribution >= 0.6 is 22.6 Å². The SMILES string of the molecule is COc1cc(/C=C(\C#N)C(=O)Nc2ccccc2C(F)(F)F)cc(I)c1OCc1ccccc1C. The van der Waals surface area contributed by atoms with Gasteiger partial charge in [0.2, 0.25) is 0 Å². The fourth-order valence-corrected chi connectivity index (χ4v) is 4.01. The molecule has 3 aromatic rings. The van der Waals surface area contributed by atoms with Gasteiger partial charge in [0.25, 0.3) is 5.91 Å². The van der Waals surface area contributed by atoms with Crippen molar-refractivity contribution in [2.24, 2.45) is 0 Å². The monoisotopic (exact) mass is 592 g/mol. The first kappa shape index (κ1) is 26.1. The summed E-state index contributed by atoms with van der Waals surface area (Å²) in [6.45, 7) is 2.30. The molecule has 0 heterocycles. The number of methoxy groups -OCH3 is 1. The molecule has 1 N–H and O–H groups in total. The van der Waals surface area contributed by atoms with Gasteiger partial charge >= 0.3 is 6.18 Å². The Morgan fingerprint density at radius 3 is 2.49 bits per heavy atom. The second-order valence-corrected chi connectivity index (χ2v) is 8.58. The average Bonchev–Trinajstić information content (AvgIpc) is 2.82. The van der Waals surface area contributed by atoms with Gasteiger partial charge in [-0.2, -0.15) is 18.4 Å². The number of hydrogen-bond acceptors (Lipinski definition) is 4. The zero-order chi connectivity index (χ0) is 25.6. The quantitative estimate of drug-likeness (QED) is 0.187. The average molecular weight is 592 g/mol. The third-order valence-corrected chi connectivity index (χ3v) is 5.84. The topological polar surface area (TPSA) is 71.3 Å². The molecule has 0 unspecified atom stereocenters. The smallest absolute Gasteiger partial charge is 0.418 e. The zero-order valence-corrected chi connectivity index (χ0v) is 20.9. The van der Waals surface area contributed by atoms with Gasteiger partial charge in [-0.3, -0.25) is 4.79 Å². The van der Waals surface area contributed by atoms with Crippen molar-refractivity contribution in [2.45, 2.75) is 19.7 Å². The van der Waals surface area contributed by atoms with E-state index >= 15 is 0 Å². The lowest BCUT2D eigenvalue weighted by molar-refractivity contribution is -0.137. The van der Waals surface area contributed by atoms with Gasteiger partial charge in [-0.15, -0.1) is 0 Å². The summed E-state index contributed by atoms with van der Waals surface area (Å²) in [6, 6.07) is 17.4. The Labute approximate surface area is 214 Å². The minimum atomic E-state index is -4.65. The number of halogens is 4. The highest BCUT2D eigenvalue weighted by Crippen LogP contribution is 2.36. The number of anilines is 1. The standard InChI is InChI=1S/C26H20F3IN2O3/c1-16-7-3-4-8-18(16)15-35-24-21(30)12-17(13-23(24)34-2)11-19(14-31)25(33)32-22-10-6-5-9-20(22)26(27,28)29/h3-13H,15H2,1-2H3,(H,32,33)/b19-11+. The van der Waals surface area contributed by atoms with E-state index in [1.807, 2.05) is 31.2 Å². The van der Waals surface area contributed by atoms with Crippen LogP contribution < -0.4 is 14.8 Å². The number of carbonyl (C=O) groups excluding carboxylic acids is 1. The molecule has 0 saturated heterocycles. The Kier molecular flexibility index (Phi) is 8.40. The van der Waals surface area contributed by atoms with Crippen molar-refractivity contribution in [2.75, 3.05) is 12.4 Å². The molecule has 35 heavy (non-hydrogen) atoms. The molecule has 180 valence electrons. The Hall–Kier alpha value is -3.52. The van der Waals surface area contributed by atoms with Crippen molar-refractivity contribution in [3.63, 3.8) is 0 Å². The van der Waals surface area contributed by atoms with Crippen LogP contribution in [0.25, 0.3) is 6.08 Å². The van der Waals surface area contributed by atoms with E-state index in [9.17, 15) is 23.2 Å². The van der Waals surface area contributed by atoms with Gasteiger partial charge in [0.1, 0.15) is 18.2 Å². The fourth-order valence-electron chi connectivity index (χ4n) is 3.23. The number of rotatable bonds is 7. The predicted molar refractivity (Wildman–Crippen MR) is 135 cm³/mol. The van der Waals surface area contributed by atoms with Crippen LogP contribution in [0.1, 0.15) is 22.3 Å². The molecule has 0 aliphatic carbocycles. The number of nitrogens with one attached hydrogen (secondary N) is 1. The van der Waals surface area contributed by atoms with Crippen LogP contribution in [0.15, 0.2) is 66.2 Å². The van der Waals surface area contributed by atoms with Crippen molar-refractivity contribution in [1.82, 2.24) is 0 Å². The van der Waals surface area contributed by atoms with Crippen molar-refractivity contribution < 1.29 is 27.4 Å². The van der Waals surface area contributed by atoms with Crippen LogP contribution in [0.2, 0.25) is 0 Å². The Morgan fingerprint density at radius 1 is 1.14 bits per heavy atom. The number of benzene rings is 3. The maximum absolute atomic E-state index is 13.2. The molecule has 0 aliphatic rings. The highest BCUT2D eigenvalue weighted by atomic mass is 127. The number of alkyl halides is 3. The number of nitrogens with zero attached hydrogens (tertiary/aromatic N) is 1. The zero-order valence-electron chi connectivity index (χ0n) is 18.7. The first-order chi connectivity index (χ1) is 16.6. The Morgan fingerprint density at radius 2 is 1.83 bits per heavy atom. The van der Waals surface area contributed by atoms with E-state index in [4.69, 9.17) is 9.47 Å². The first-order valence-electron chi connectivity index (χ1n) is 10.3. The lowest BCUT2D eigenvalue weighted by Gasteiger charge is -2.15. The van der Waals surface area contributed by atoms with E-state index in [1.54, 1.807) is 18.2 Å². The summed E-state index contributed by atoms with van der Waals surface area (Å²) in [4.78, 5) is 12.6. The molecule has 9 heteroatoms. The van der Waals surface area contributed by atoms with E-state index in [2.05, 4.69) is 27.9 Å². The highest BCUT2D eigenvalue weighted by molar-refractivity contribution is 14.1. The van der Waals surface area contributed by atoms with Gasteiger partial charge in [-0.25, -0.2) is 0 Å². The van der Waals surface area contributed by atoms with Gasteiger partial charge in [0, 0.05) is 0 Å². The van der Waals surface area contributed by atoms with E-state index in [1.165, 1.54) is 25.3 Å². The third kappa shape index (κ3) is 6.54. The summed E-state index contributed by atoms with van der Waals surface area (Å²) in [5.41, 5.74) is 0.740. The molecule has 0 bridgehead atoms. The molecule has 0 aromatic heterocycles. The van der Waals surface area contributed by atoms with Crippen LogP contribution in [0.4, 0.5) is 18.9 Å². The van der Waals surface area contributed by atoms with E-state index < -0.39 is 23.3 Å². The van der Waals surface area contributed by atoms with Crippen LogP contribution in [-0.4, -0.2) is 13.0 Å². The van der Waals surface area contributed by atoms with Gasteiger partial charge in [0.15, 0.2) is 11.5 Å². The highest BCUT2D eigenvalue weighted by Gasteiger charge is 2.33. The van der Waals surface area contributed by atoms with Crippen LogP contribution in [0, 0.1) is 21.8 Å². The number of ether oxygens (including phenoxy) is 2. The summed E-state index contributed by atoms with van der Waals surface area (Å²) in [7, 11) is 1.46. The van der Waals surface area contributed by atoms with Gasteiger partial charge in [-0.1, -0.05) is 36.4 Å². The maximum Gasteiger partial charge on any atom is 0.418 e. The summed E-state index contributed by atoms with van der Waals surface area (Å²) in [5, 5.41) is 11.7. The largest absolute Gasteiger partial charge is 0.493 e. The molecule has 3 rings (SSSR count). The molecule has 0 aliphatic heterocycles. The molecule has 0 atom stereocenters. The number of aryl methyl sites for hydroxylation is 1. The molecule has 0 spiro atoms. The van der Waals surface area contributed by atoms with Crippen molar-refractivity contribution in [1.29, 1.82) is 5.26 Å². The fraction of sp³-hybridized carbons (Fsp3) is 0.154. The van der Waals surface area contributed by atoms with E-state index in [0.29, 0.717) is 27.2 Å². The Bertz CT molecular complexity index is 1310. The van der Waals surface area contributed by atoms with E-state index in [-0.39, 0.29) is 5.57 Å². The molecule has 5 nitrogen and oxygen atoms in total. The second kappa shape index (κ2) is 11.3. The second-order valence-electron chi connectivity index (χ2n) is 7.42. The molecular formula is C26H20F3IN2O3. The summed E-state index contributed by atoms with van der Waals surface area (Å²) >= 11 is 2.05. The lowest BCUT2D eigenvalue weighted by Crippen LogP contribution is -2.17. The maximum atomic E-state index is 13.2. The molecule has 0 radical (unpaired) electrons. The first-order valence-corrected chi connectivity index (χ1v) is 11.4. The van der Waals surface area contributed by atoms with Gasteiger partial charge in [0.05, 0.1) is 21.9 Å². The van der Waals surface area contributed by atoms with E-state index in [0.717, 1.165) is 23.3 Å². The number of nitriles is 1. The molecule has 0 saturated carbocycles. The minimum Gasteiger partial charge on any atom is -0.493 e. The number of hydrogen-bond donors (Lipinski definition) is 1. The van der Waals surface area contributed by atoms with Crippen molar-refractivity contribution in [3.05, 3.63) is 92.1 Å². The van der Waals surface area contributed by atoms with Gasteiger partial charge in [-0.05, 0) is 76.5 Å². The predicted octanol–water partition coefficient (Wildman–Crippen LogP) is 6.75. The lowest BCUT2D eigenvalue weighted by atomic mass is 10.1. The summed E-state index contributed by atoms with van der Waals surface area (Å²) in [5.74, 6) is -0.0783. The summed E-state index contributed by atoms with van der Waals surface area (Å²) in [6.07, 6.45) is -3.38. The van der Waals surface area contributed by atoms with Crippen LogP contribution in [0.3, 0.4) is 0 Å². The van der Waals surface area contributed by atoms with Crippen LogP contribution in [0.5, 0.6) is 11.5 Å². The number of para-hydroxylation sites is 1. The minimum absolute atomic E-state index is 0.318. The molecule has 1 amide bonds. The summed E-state index contributed by atoms with van der Waals surface area (Å²) < 4.78 is 51.8. The molecular weight excluding hydrogens is 572 g/mol. The third-order valence-electron chi connectivity index (χ3n) is 5.04. The molecule has 0 fully saturated rings. The molecule has 3 aromatic carbocycles. The number of amides is 1. The normalized spacial score (nSPS) is 11.5. The van der Waals surface area contributed by atoms with Gasteiger partial charge < -0.3 is 14.8 Å². The Balaban J connectivity index is 1.86. The van der Waals surface area contributed by atoms with Crippen LogP contribution in [-0.2, 0) is 17.6 Å².